The van der Waals surface area contributed by atoms with E-state index in [1.807, 2.05) is 37.3 Å². The van der Waals surface area contributed by atoms with Gasteiger partial charge in [0.25, 0.3) is 0 Å². The number of thiocarbonyl (C=S) groups is 1. The average molecular weight is 299 g/mol. The van der Waals surface area contributed by atoms with E-state index in [0.29, 0.717) is 21.7 Å². The smallest absolute Gasteiger partial charge is 0.310 e. The van der Waals surface area contributed by atoms with Gasteiger partial charge in [0.1, 0.15) is 0 Å². The van der Waals surface area contributed by atoms with Gasteiger partial charge in [-0.1, -0.05) is 60.2 Å². The zero-order chi connectivity index (χ0) is 15.6. The number of nitrogen functional groups attached to an aromatic ring is 1. The number of benzene rings is 2. The SMILES string of the molecule is Cc1ccc(C(=S)c2cccc(C(C)C(=O)O)c2N)cc1. The Hall–Kier alpha value is -2.20. The van der Waals surface area contributed by atoms with E-state index in [2.05, 4.69) is 0 Å². The number of hydrogen-bond acceptors (Lipinski definition) is 3. The molecule has 0 saturated carbocycles. The Morgan fingerprint density at radius 2 is 1.81 bits per heavy atom. The highest BCUT2D eigenvalue weighted by molar-refractivity contribution is 7.81. The van der Waals surface area contributed by atoms with Crippen LogP contribution in [0.3, 0.4) is 0 Å². The van der Waals surface area contributed by atoms with E-state index >= 15 is 0 Å². The summed E-state index contributed by atoms with van der Waals surface area (Å²) in [6, 6.07) is 13.2. The van der Waals surface area contributed by atoms with E-state index in [0.717, 1.165) is 11.1 Å². The molecule has 0 fully saturated rings. The van der Waals surface area contributed by atoms with Crippen molar-refractivity contribution in [1.29, 1.82) is 0 Å². The molecule has 4 heteroatoms. The fourth-order valence-corrected chi connectivity index (χ4v) is 2.47. The molecule has 0 aliphatic rings. The van der Waals surface area contributed by atoms with Gasteiger partial charge in [0.15, 0.2) is 0 Å². The van der Waals surface area contributed by atoms with E-state index in [-0.39, 0.29) is 0 Å². The standard InChI is InChI=1S/C17H17NO2S/c1-10-6-8-12(9-7-10)16(21)14-5-3-4-13(15(14)18)11(2)17(19)20/h3-9,11H,18H2,1-2H3,(H,19,20). The molecule has 1 unspecified atom stereocenters. The summed E-state index contributed by atoms with van der Waals surface area (Å²) < 4.78 is 0. The summed E-state index contributed by atoms with van der Waals surface area (Å²) in [5.74, 6) is -1.56. The first-order valence-electron chi connectivity index (χ1n) is 6.64. The zero-order valence-corrected chi connectivity index (χ0v) is 12.8. The molecule has 0 saturated heterocycles. The third-order valence-electron chi connectivity index (χ3n) is 3.54. The summed E-state index contributed by atoms with van der Waals surface area (Å²) in [5.41, 5.74) is 9.94. The second-order valence-corrected chi connectivity index (χ2v) is 5.47. The second-order valence-electron chi connectivity index (χ2n) is 5.06. The van der Waals surface area contributed by atoms with Gasteiger partial charge >= 0.3 is 5.97 Å². The maximum absolute atomic E-state index is 11.2. The predicted octanol–water partition coefficient (Wildman–Crippen LogP) is 3.53. The molecular formula is C17H17NO2S. The lowest BCUT2D eigenvalue weighted by atomic mass is 9.93. The molecule has 0 bridgehead atoms. The van der Waals surface area contributed by atoms with Crippen LogP contribution in [0.4, 0.5) is 5.69 Å². The van der Waals surface area contributed by atoms with Gasteiger partial charge < -0.3 is 10.8 Å². The van der Waals surface area contributed by atoms with Gasteiger partial charge in [-0.2, -0.15) is 0 Å². The van der Waals surface area contributed by atoms with E-state index in [1.54, 1.807) is 19.1 Å². The van der Waals surface area contributed by atoms with Gasteiger partial charge in [0.2, 0.25) is 0 Å². The van der Waals surface area contributed by atoms with E-state index < -0.39 is 11.9 Å². The molecule has 2 aromatic carbocycles. The van der Waals surface area contributed by atoms with Gasteiger partial charge in [-0.25, -0.2) is 0 Å². The van der Waals surface area contributed by atoms with Crippen molar-refractivity contribution in [2.75, 3.05) is 5.73 Å². The first-order chi connectivity index (χ1) is 9.91. The van der Waals surface area contributed by atoms with E-state index in [9.17, 15) is 4.79 Å². The van der Waals surface area contributed by atoms with Crippen LogP contribution in [0.25, 0.3) is 0 Å². The highest BCUT2D eigenvalue weighted by Crippen LogP contribution is 2.27. The quantitative estimate of drug-likeness (QED) is 0.515. The predicted molar refractivity (Wildman–Crippen MR) is 88.9 cm³/mol. The van der Waals surface area contributed by atoms with Crippen molar-refractivity contribution in [3.63, 3.8) is 0 Å². The number of para-hydroxylation sites is 1. The summed E-state index contributed by atoms with van der Waals surface area (Å²) in [4.78, 5) is 11.8. The molecule has 0 radical (unpaired) electrons. The van der Waals surface area contributed by atoms with Crippen molar-refractivity contribution in [1.82, 2.24) is 0 Å². The van der Waals surface area contributed by atoms with Crippen LogP contribution in [0.2, 0.25) is 0 Å². The van der Waals surface area contributed by atoms with Crippen LogP contribution in [-0.2, 0) is 4.79 Å². The average Bonchev–Trinajstić information content (AvgIpc) is 2.47. The Kier molecular flexibility index (Phi) is 4.38. The number of nitrogens with two attached hydrogens (primary N) is 1. The van der Waals surface area contributed by atoms with Gasteiger partial charge in [-0.05, 0) is 25.0 Å². The Morgan fingerprint density at radius 3 is 2.38 bits per heavy atom. The van der Waals surface area contributed by atoms with Gasteiger partial charge in [-0.15, -0.1) is 0 Å². The number of carboxylic acid groups (broad SMARTS) is 1. The minimum absolute atomic E-state index is 0.443. The minimum atomic E-state index is -0.903. The Balaban J connectivity index is 2.45. The molecule has 21 heavy (non-hydrogen) atoms. The minimum Gasteiger partial charge on any atom is -0.481 e. The Morgan fingerprint density at radius 1 is 1.19 bits per heavy atom. The molecule has 3 N–H and O–H groups in total. The normalized spacial score (nSPS) is 11.9. The monoisotopic (exact) mass is 299 g/mol. The number of carboxylic acids is 1. The van der Waals surface area contributed by atoms with Crippen molar-refractivity contribution in [2.24, 2.45) is 0 Å². The molecular weight excluding hydrogens is 282 g/mol. The summed E-state index contributed by atoms with van der Waals surface area (Å²) in [6.07, 6.45) is 0. The van der Waals surface area contributed by atoms with Crippen LogP contribution >= 0.6 is 12.2 Å². The molecule has 0 spiro atoms. The van der Waals surface area contributed by atoms with Gasteiger partial charge in [0.05, 0.1) is 10.8 Å². The molecule has 2 aromatic rings. The molecule has 3 nitrogen and oxygen atoms in total. The molecule has 0 aliphatic carbocycles. The number of aliphatic carboxylic acids is 1. The first-order valence-corrected chi connectivity index (χ1v) is 7.05. The topological polar surface area (TPSA) is 63.3 Å². The molecule has 1 atom stereocenters. The summed E-state index contributed by atoms with van der Waals surface area (Å²) in [6.45, 7) is 3.63. The third-order valence-corrected chi connectivity index (χ3v) is 3.99. The van der Waals surface area contributed by atoms with E-state index in [1.165, 1.54) is 0 Å². The highest BCUT2D eigenvalue weighted by Gasteiger charge is 2.19. The zero-order valence-electron chi connectivity index (χ0n) is 12.0. The molecule has 2 rings (SSSR count). The maximum Gasteiger partial charge on any atom is 0.310 e. The fourth-order valence-electron chi connectivity index (χ4n) is 2.15. The van der Waals surface area contributed by atoms with Crippen molar-refractivity contribution in [3.05, 3.63) is 64.7 Å². The number of anilines is 1. The number of hydrogen-bond donors (Lipinski definition) is 2. The van der Waals surface area contributed by atoms with Crippen LogP contribution in [0.15, 0.2) is 42.5 Å². The molecule has 0 aromatic heterocycles. The highest BCUT2D eigenvalue weighted by atomic mass is 32.1. The molecule has 0 aliphatic heterocycles. The lowest BCUT2D eigenvalue weighted by Gasteiger charge is -2.15. The third kappa shape index (κ3) is 3.11. The van der Waals surface area contributed by atoms with Crippen molar-refractivity contribution in [2.45, 2.75) is 19.8 Å². The Labute approximate surface area is 129 Å². The van der Waals surface area contributed by atoms with Gasteiger partial charge in [0, 0.05) is 11.3 Å². The van der Waals surface area contributed by atoms with Crippen molar-refractivity contribution >= 4 is 28.7 Å². The van der Waals surface area contributed by atoms with Gasteiger partial charge in [-0.3, -0.25) is 4.79 Å². The van der Waals surface area contributed by atoms with Crippen LogP contribution in [0, 0.1) is 6.92 Å². The maximum atomic E-state index is 11.2. The largest absolute Gasteiger partial charge is 0.481 e. The Bertz CT molecular complexity index is 692. The second kappa shape index (κ2) is 6.06. The summed E-state index contributed by atoms with van der Waals surface area (Å²) >= 11 is 5.50. The lowest BCUT2D eigenvalue weighted by molar-refractivity contribution is -0.138. The van der Waals surface area contributed by atoms with Crippen molar-refractivity contribution < 1.29 is 9.90 Å². The number of rotatable bonds is 4. The summed E-state index contributed by atoms with van der Waals surface area (Å²) in [7, 11) is 0. The van der Waals surface area contributed by atoms with Crippen molar-refractivity contribution in [3.8, 4) is 0 Å². The number of aryl methyl sites for hydroxylation is 1. The summed E-state index contributed by atoms with van der Waals surface area (Å²) in [5, 5.41) is 9.15. The fraction of sp³-hybridized carbons (Fsp3) is 0.176. The number of carbonyl (C=O) groups is 1. The first kappa shape index (κ1) is 15.2. The van der Waals surface area contributed by atoms with Crippen LogP contribution in [-0.4, -0.2) is 15.9 Å². The molecule has 0 heterocycles. The van der Waals surface area contributed by atoms with Crippen LogP contribution < -0.4 is 5.73 Å². The molecule has 0 amide bonds. The van der Waals surface area contributed by atoms with Crippen LogP contribution in [0.1, 0.15) is 35.1 Å². The van der Waals surface area contributed by atoms with E-state index in [4.69, 9.17) is 23.1 Å². The lowest BCUT2D eigenvalue weighted by Crippen LogP contribution is -2.13. The molecule has 108 valence electrons. The van der Waals surface area contributed by atoms with Crippen LogP contribution in [0.5, 0.6) is 0 Å².